The van der Waals surface area contributed by atoms with Crippen LogP contribution in [-0.2, 0) is 11.3 Å². The number of anilines is 1. The fraction of sp³-hybridized carbons (Fsp3) is 0.368. The summed E-state index contributed by atoms with van der Waals surface area (Å²) in [7, 11) is 0. The minimum Gasteiger partial charge on any atom is -0.348 e. The second-order valence-corrected chi connectivity index (χ2v) is 7.04. The number of pyridine rings is 2. The van der Waals surface area contributed by atoms with Crippen molar-refractivity contribution < 1.29 is 9.59 Å². The van der Waals surface area contributed by atoms with E-state index < -0.39 is 5.41 Å². The summed E-state index contributed by atoms with van der Waals surface area (Å²) in [6.07, 6.45) is 3.29. The number of hydrogen-bond donors (Lipinski definition) is 2. The standard InChI is InChI=1S/C19H24N4O2/c1-12-6-8-21-16(23-18(25)19(3,4)5)15(12)17(24)22-11-14-7-9-20-13(2)10-14/h6-10H,11H2,1-5H3,(H,22,24)(H,21,23,25). The zero-order valence-corrected chi connectivity index (χ0v) is 15.3. The Morgan fingerprint density at radius 3 is 2.40 bits per heavy atom. The molecule has 0 fully saturated rings. The summed E-state index contributed by atoms with van der Waals surface area (Å²) in [5.74, 6) is -0.183. The summed E-state index contributed by atoms with van der Waals surface area (Å²) in [5, 5.41) is 5.64. The molecule has 0 aromatic carbocycles. The molecule has 0 saturated carbocycles. The fourth-order valence-corrected chi connectivity index (χ4v) is 2.22. The lowest BCUT2D eigenvalue weighted by molar-refractivity contribution is -0.123. The maximum absolute atomic E-state index is 12.7. The summed E-state index contributed by atoms with van der Waals surface area (Å²) >= 11 is 0. The van der Waals surface area contributed by atoms with E-state index in [9.17, 15) is 9.59 Å². The number of amides is 2. The van der Waals surface area contributed by atoms with E-state index in [1.807, 2.05) is 46.8 Å². The van der Waals surface area contributed by atoms with Crippen LogP contribution in [0.3, 0.4) is 0 Å². The molecule has 2 aromatic rings. The first-order valence-electron chi connectivity index (χ1n) is 8.15. The maximum atomic E-state index is 12.7. The number of aromatic nitrogens is 2. The molecule has 2 rings (SSSR count). The normalized spacial score (nSPS) is 11.1. The molecule has 0 radical (unpaired) electrons. The van der Waals surface area contributed by atoms with Crippen LogP contribution in [0.1, 0.15) is 48.0 Å². The molecule has 2 aromatic heterocycles. The quantitative estimate of drug-likeness (QED) is 0.896. The van der Waals surface area contributed by atoms with Gasteiger partial charge in [0.2, 0.25) is 5.91 Å². The van der Waals surface area contributed by atoms with Gasteiger partial charge in [0, 0.05) is 30.0 Å². The van der Waals surface area contributed by atoms with Crippen LogP contribution in [-0.4, -0.2) is 21.8 Å². The van der Waals surface area contributed by atoms with E-state index in [0.717, 1.165) is 16.8 Å². The highest BCUT2D eigenvalue weighted by Crippen LogP contribution is 2.21. The van der Waals surface area contributed by atoms with Gasteiger partial charge in [0.05, 0.1) is 5.56 Å². The predicted octanol–water partition coefficient (Wildman–Crippen LogP) is 3.01. The molecule has 0 spiro atoms. The molecule has 2 amide bonds. The third kappa shape index (κ3) is 4.86. The highest BCUT2D eigenvalue weighted by atomic mass is 16.2. The van der Waals surface area contributed by atoms with Crippen LogP contribution < -0.4 is 10.6 Å². The molecule has 25 heavy (non-hydrogen) atoms. The average molecular weight is 340 g/mol. The minimum atomic E-state index is -0.576. The summed E-state index contributed by atoms with van der Waals surface area (Å²) in [5.41, 5.74) is 2.41. The fourth-order valence-electron chi connectivity index (χ4n) is 2.22. The highest BCUT2D eigenvalue weighted by molar-refractivity contribution is 6.04. The molecule has 0 bridgehead atoms. The first-order valence-corrected chi connectivity index (χ1v) is 8.15. The minimum absolute atomic E-state index is 0.190. The molecular weight excluding hydrogens is 316 g/mol. The Morgan fingerprint density at radius 1 is 1.08 bits per heavy atom. The lowest BCUT2D eigenvalue weighted by Gasteiger charge is -2.19. The van der Waals surface area contributed by atoms with Gasteiger partial charge < -0.3 is 10.6 Å². The van der Waals surface area contributed by atoms with E-state index in [4.69, 9.17) is 0 Å². The topological polar surface area (TPSA) is 84.0 Å². The summed E-state index contributed by atoms with van der Waals surface area (Å²) in [6.45, 7) is 9.52. The van der Waals surface area contributed by atoms with Crippen molar-refractivity contribution in [1.29, 1.82) is 0 Å². The average Bonchev–Trinajstić information content (AvgIpc) is 2.52. The Bertz CT molecular complexity index is 794. The third-order valence-corrected chi connectivity index (χ3v) is 3.71. The summed E-state index contributed by atoms with van der Waals surface area (Å²) < 4.78 is 0. The molecule has 0 aliphatic heterocycles. The molecule has 6 nitrogen and oxygen atoms in total. The van der Waals surface area contributed by atoms with Gasteiger partial charge >= 0.3 is 0 Å². The van der Waals surface area contributed by atoms with Crippen molar-refractivity contribution >= 4 is 17.6 Å². The van der Waals surface area contributed by atoms with Crippen molar-refractivity contribution in [1.82, 2.24) is 15.3 Å². The van der Waals surface area contributed by atoms with Crippen LogP contribution in [0, 0.1) is 19.3 Å². The molecule has 2 N–H and O–H groups in total. The Labute approximate surface area is 148 Å². The Balaban J connectivity index is 2.19. The Kier molecular flexibility index (Phi) is 5.51. The molecule has 132 valence electrons. The number of hydrogen-bond acceptors (Lipinski definition) is 4. The lowest BCUT2D eigenvalue weighted by atomic mass is 9.95. The largest absolute Gasteiger partial charge is 0.348 e. The Hall–Kier alpha value is -2.76. The number of carbonyl (C=O) groups is 2. The van der Waals surface area contributed by atoms with E-state index in [1.54, 1.807) is 18.5 Å². The first kappa shape index (κ1) is 18.6. The van der Waals surface area contributed by atoms with Gasteiger partial charge in [-0.1, -0.05) is 20.8 Å². The molecule has 0 atom stereocenters. The van der Waals surface area contributed by atoms with Crippen molar-refractivity contribution in [3.63, 3.8) is 0 Å². The van der Waals surface area contributed by atoms with Crippen molar-refractivity contribution in [2.75, 3.05) is 5.32 Å². The maximum Gasteiger partial charge on any atom is 0.255 e. The van der Waals surface area contributed by atoms with E-state index in [0.29, 0.717) is 12.1 Å². The number of rotatable bonds is 4. The highest BCUT2D eigenvalue weighted by Gasteiger charge is 2.24. The number of nitrogens with one attached hydrogen (secondary N) is 2. The van der Waals surface area contributed by atoms with Gasteiger partial charge in [0.25, 0.3) is 5.91 Å². The molecular formula is C19H24N4O2. The van der Waals surface area contributed by atoms with Crippen molar-refractivity contribution in [2.45, 2.75) is 41.2 Å². The molecule has 0 saturated heterocycles. The van der Waals surface area contributed by atoms with Gasteiger partial charge in [0.15, 0.2) is 0 Å². The van der Waals surface area contributed by atoms with Gasteiger partial charge in [-0.25, -0.2) is 4.98 Å². The Morgan fingerprint density at radius 2 is 1.76 bits per heavy atom. The van der Waals surface area contributed by atoms with Gasteiger partial charge in [-0.2, -0.15) is 0 Å². The van der Waals surface area contributed by atoms with E-state index in [-0.39, 0.29) is 17.6 Å². The van der Waals surface area contributed by atoms with Crippen LogP contribution in [0.4, 0.5) is 5.82 Å². The van der Waals surface area contributed by atoms with Crippen LogP contribution in [0.15, 0.2) is 30.6 Å². The monoisotopic (exact) mass is 340 g/mol. The van der Waals surface area contributed by atoms with Crippen LogP contribution in [0.2, 0.25) is 0 Å². The summed E-state index contributed by atoms with van der Waals surface area (Å²) in [6, 6.07) is 5.52. The van der Waals surface area contributed by atoms with E-state index in [2.05, 4.69) is 20.6 Å². The van der Waals surface area contributed by atoms with Crippen molar-refractivity contribution in [2.24, 2.45) is 5.41 Å². The van der Waals surface area contributed by atoms with Crippen molar-refractivity contribution in [3.8, 4) is 0 Å². The molecule has 6 heteroatoms. The molecule has 2 heterocycles. The van der Waals surface area contributed by atoms with Gasteiger partial charge in [-0.05, 0) is 43.2 Å². The molecule has 0 aliphatic carbocycles. The van der Waals surface area contributed by atoms with Crippen LogP contribution in [0.25, 0.3) is 0 Å². The summed E-state index contributed by atoms with van der Waals surface area (Å²) in [4.78, 5) is 33.2. The van der Waals surface area contributed by atoms with Gasteiger partial charge in [0.1, 0.15) is 5.82 Å². The van der Waals surface area contributed by atoms with Crippen molar-refractivity contribution in [3.05, 3.63) is 53.0 Å². The van der Waals surface area contributed by atoms with Crippen LogP contribution in [0.5, 0.6) is 0 Å². The molecule has 0 aliphatic rings. The number of aryl methyl sites for hydroxylation is 2. The first-order chi connectivity index (χ1) is 11.7. The van der Waals surface area contributed by atoms with Gasteiger partial charge in [-0.15, -0.1) is 0 Å². The number of carbonyl (C=O) groups excluding carboxylic acids is 2. The lowest BCUT2D eigenvalue weighted by Crippen LogP contribution is -2.31. The van der Waals surface area contributed by atoms with Crippen LogP contribution >= 0.6 is 0 Å². The van der Waals surface area contributed by atoms with Gasteiger partial charge in [-0.3, -0.25) is 14.6 Å². The smallest absolute Gasteiger partial charge is 0.255 e. The second-order valence-electron chi connectivity index (χ2n) is 7.04. The number of nitrogens with zero attached hydrogens (tertiary/aromatic N) is 2. The van der Waals surface area contributed by atoms with E-state index >= 15 is 0 Å². The SMILES string of the molecule is Cc1cc(CNC(=O)c2c(C)ccnc2NC(=O)C(C)(C)C)ccn1. The molecule has 0 unspecified atom stereocenters. The second kappa shape index (κ2) is 7.42. The predicted molar refractivity (Wildman–Crippen MR) is 97.2 cm³/mol. The van der Waals surface area contributed by atoms with E-state index in [1.165, 1.54) is 0 Å². The zero-order chi connectivity index (χ0) is 18.6. The third-order valence-electron chi connectivity index (χ3n) is 3.71. The zero-order valence-electron chi connectivity index (χ0n) is 15.3.